The van der Waals surface area contributed by atoms with E-state index in [9.17, 15) is 0 Å². The highest BCUT2D eigenvalue weighted by atomic mass is 32.1. The highest BCUT2D eigenvalue weighted by Gasteiger charge is 2.31. The minimum absolute atomic E-state index is 0.672. The first-order valence-corrected chi connectivity index (χ1v) is 8.46. The first-order valence-electron chi connectivity index (χ1n) is 7.64. The van der Waals surface area contributed by atoms with Crippen LogP contribution in [0.2, 0.25) is 0 Å². The first-order chi connectivity index (χ1) is 9.11. The molecule has 0 spiro atoms. The summed E-state index contributed by atoms with van der Waals surface area (Å²) in [6, 6.07) is 5.91. The van der Waals surface area contributed by atoms with Crippen molar-refractivity contribution in [2.75, 3.05) is 13.1 Å². The molecule has 2 heterocycles. The number of piperidine rings is 1. The van der Waals surface area contributed by atoms with Crippen LogP contribution in [0.15, 0.2) is 12.1 Å². The van der Waals surface area contributed by atoms with E-state index in [2.05, 4.69) is 50.0 Å². The number of rotatable bonds is 5. The van der Waals surface area contributed by atoms with Gasteiger partial charge in [-0.3, -0.25) is 4.90 Å². The summed E-state index contributed by atoms with van der Waals surface area (Å²) in [4.78, 5) is 5.59. The monoisotopic (exact) mass is 280 g/mol. The van der Waals surface area contributed by atoms with Crippen LogP contribution < -0.4 is 5.32 Å². The van der Waals surface area contributed by atoms with Crippen molar-refractivity contribution in [3.05, 3.63) is 21.9 Å². The van der Waals surface area contributed by atoms with E-state index in [1.165, 1.54) is 29.1 Å². The van der Waals surface area contributed by atoms with Crippen LogP contribution in [0.25, 0.3) is 0 Å². The molecule has 1 aliphatic rings. The highest BCUT2D eigenvalue weighted by Crippen LogP contribution is 2.27. The molecule has 1 N–H and O–H groups in total. The zero-order chi connectivity index (χ0) is 13.8. The molecular formula is C16H28N2S. The van der Waals surface area contributed by atoms with Crippen LogP contribution in [0, 0.1) is 12.8 Å². The molecule has 2 nitrogen and oxygen atoms in total. The maximum Gasteiger partial charge on any atom is 0.0330 e. The van der Waals surface area contributed by atoms with E-state index in [0.29, 0.717) is 12.1 Å². The third kappa shape index (κ3) is 3.80. The largest absolute Gasteiger partial charge is 0.314 e. The molecule has 1 saturated heterocycles. The fraction of sp³-hybridized carbons (Fsp3) is 0.750. The van der Waals surface area contributed by atoms with Crippen molar-refractivity contribution < 1.29 is 0 Å². The molecule has 3 heteroatoms. The maximum absolute atomic E-state index is 3.72. The van der Waals surface area contributed by atoms with Crippen LogP contribution in [-0.2, 0) is 6.54 Å². The number of likely N-dealkylation sites (tertiary alicyclic amines) is 1. The van der Waals surface area contributed by atoms with Gasteiger partial charge in [-0.15, -0.1) is 11.3 Å². The molecule has 0 radical (unpaired) electrons. The van der Waals surface area contributed by atoms with E-state index in [-0.39, 0.29) is 0 Å². The zero-order valence-electron chi connectivity index (χ0n) is 12.8. The fourth-order valence-electron chi connectivity index (χ4n) is 3.05. The molecule has 0 saturated carbocycles. The number of nitrogens with one attached hydrogen (secondary N) is 1. The van der Waals surface area contributed by atoms with Gasteiger partial charge in [-0.1, -0.05) is 13.8 Å². The summed E-state index contributed by atoms with van der Waals surface area (Å²) < 4.78 is 0. The Morgan fingerprint density at radius 2 is 2.16 bits per heavy atom. The van der Waals surface area contributed by atoms with Crippen LogP contribution in [-0.4, -0.2) is 30.1 Å². The van der Waals surface area contributed by atoms with Crippen LogP contribution in [0.3, 0.4) is 0 Å². The Balaban J connectivity index is 1.91. The Kier molecular flexibility index (Phi) is 5.43. The summed E-state index contributed by atoms with van der Waals surface area (Å²) in [6.07, 6.45) is 2.52. The molecule has 19 heavy (non-hydrogen) atoms. The lowest BCUT2D eigenvalue weighted by molar-refractivity contribution is 0.0794. The number of nitrogens with zero attached hydrogens (tertiary/aromatic N) is 1. The van der Waals surface area contributed by atoms with E-state index >= 15 is 0 Å². The van der Waals surface area contributed by atoms with Gasteiger partial charge in [0, 0.05) is 34.9 Å². The standard InChI is InChI=1S/C16H28N2S/c1-5-9-17-16-8-10-18(14(4)13(16)3)11-15-7-6-12(2)19-15/h6-7,13-14,16-17H,5,8-11H2,1-4H3. The molecule has 1 aromatic heterocycles. The van der Waals surface area contributed by atoms with E-state index < -0.39 is 0 Å². The predicted octanol–water partition coefficient (Wildman–Crippen LogP) is 3.66. The second-order valence-corrected chi connectivity index (χ2v) is 7.30. The average molecular weight is 280 g/mol. The smallest absolute Gasteiger partial charge is 0.0330 e. The minimum Gasteiger partial charge on any atom is -0.314 e. The van der Waals surface area contributed by atoms with Crippen LogP contribution in [0.5, 0.6) is 0 Å². The topological polar surface area (TPSA) is 15.3 Å². The molecule has 0 bridgehead atoms. The van der Waals surface area contributed by atoms with Gasteiger partial charge in [0.15, 0.2) is 0 Å². The van der Waals surface area contributed by atoms with Gasteiger partial charge in [0.25, 0.3) is 0 Å². The van der Waals surface area contributed by atoms with Crippen molar-refractivity contribution in [2.24, 2.45) is 5.92 Å². The number of aryl methyl sites for hydroxylation is 1. The van der Waals surface area contributed by atoms with Crippen molar-refractivity contribution in [3.8, 4) is 0 Å². The van der Waals surface area contributed by atoms with Gasteiger partial charge in [-0.2, -0.15) is 0 Å². The summed E-state index contributed by atoms with van der Waals surface area (Å²) in [5.74, 6) is 0.737. The van der Waals surface area contributed by atoms with Gasteiger partial charge < -0.3 is 5.32 Å². The van der Waals surface area contributed by atoms with Gasteiger partial charge in [0.05, 0.1) is 0 Å². The lowest BCUT2D eigenvalue weighted by Gasteiger charge is -2.43. The minimum atomic E-state index is 0.672. The van der Waals surface area contributed by atoms with E-state index in [0.717, 1.165) is 19.0 Å². The summed E-state index contributed by atoms with van der Waals surface area (Å²) in [7, 11) is 0. The van der Waals surface area contributed by atoms with E-state index in [4.69, 9.17) is 0 Å². The highest BCUT2D eigenvalue weighted by molar-refractivity contribution is 7.11. The predicted molar refractivity (Wildman–Crippen MR) is 84.8 cm³/mol. The lowest BCUT2D eigenvalue weighted by atomic mass is 9.87. The molecule has 1 aromatic rings. The van der Waals surface area contributed by atoms with Gasteiger partial charge in [0.2, 0.25) is 0 Å². The molecule has 1 aliphatic heterocycles. The van der Waals surface area contributed by atoms with Crippen molar-refractivity contribution in [2.45, 2.75) is 59.2 Å². The molecule has 108 valence electrons. The molecule has 3 unspecified atom stereocenters. The molecule has 0 aromatic carbocycles. The number of hydrogen-bond acceptors (Lipinski definition) is 3. The van der Waals surface area contributed by atoms with Crippen LogP contribution in [0.1, 0.15) is 43.4 Å². The van der Waals surface area contributed by atoms with Crippen molar-refractivity contribution in [3.63, 3.8) is 0 Å². The van der Waals surface area contributed by atoms with Gasteiger partial charge in [0.1, 0.15) is 0 Å². The zero-order valence-corrected chi connectivity index (χ0v) is 13.6. The Morgan fingerprint density at radius 1 is 1.37 bits per heavy atom. The molecule has 2 rings (SSSR count). The normalized spacial score (nSPS) is 28.7. The molecule has 0 aliphatic carbocycles. The third-order valence-electron chi connectivity index (χ3n) is 4.51. The number of hydrogen-bond donors (Lipinski definition) is 1. The Bertz CT molecular complexity index is 388. The van der Waals surface area contributed by atoms with Crippen LogP contribution in [0.4, 0.5) is 0 Å². The van der Waals surface area contributed by atoms with Gasteiger partial charge >= 0.3 is 0 Å². The summed E-state index contributed by atoms with van der Waals surface area (Å²) in [6.45, 7) is 12.8. The molecule has 1 fully saturated rings. The molecule has 3 atom stereocenters. The fourth-order valence-corrected chi connectivity index (χ4v) is 3.97. The van der Waals surface area contributed by atoms with Gasteiger partial charge in [-0.05, 0) is 51.3 Å². The van der Waals surface area contributed by atoms with Crippen molar-refractivity contribution in [1.82, 2.24) is 10.2 Å². The average Bonchev–Trinajstić information content (AvgIpc) is 2.80. The Labute approximate surface area is 122 Å². The summed E-state index contributed by atoms with van der Waals surface area (Å²) in [5, 5.41) is 3.72. The summed E-state index contributed by atoms with van der Waals surface area (Å²) in [5.41, 5.74) is 0. The maximum atomic E-state index is 3.72. The lowest BCUT2D eigenvalue weighted by Crippen LogP contribution is -2.53. The third-order valence-corrected chi connectivity index (χ3v) is 5.50. The van der Waals surface area contributed by atoms with E-state index in [1.54, 1.807) is 0 Å². The quantitative estimate of drug-likeness (QED) is 0.885. The Hall–Kier alpha value is -0.380. The second-order valence-electron chi connectivity index (χ2n) is 5.93. The summed E-state index contributed by atoms with van der Waals surface area (Å²) >= 11 is 1.94. The SMILES string of the molecule is CCCNC1CCN(Cc2ccc(C)s2)C(C)C1C. The van der Waals surface area contributed by atoms with Crippen molar-refractivity contribution in [1.29, 1.82) is 0 Å². The second kappa shape index (κ2) is 6.87. The Morgan fingerprint density at radius 3 is 2.79 bits per heavy atom. The molecule has 0 amide bonds. The molecular weight excluding hydrogens is 252 g/mol. The van der Waals surface area contributed by atoms with E-state index in [1.807, 2.05) is 11.3 Å². The first kappa shape index (κ1) is 15.0. The van der Waals surface area contributed by atoms with Crippen molar-refractivity contribution >= 4 is 11.3 Å². The van der Waals surface area contributed by atoms with Gasteiger partial charge in [-0.25, -0.2) is 0 Å². The number of thiophene rings is 1. The van der Waals surface area contributed by atoms with Crippen LogP contribution >= 0.6 is 11.3 Å².